The maximum absolute atomic E-state index is 11.6. The van der Waals surface area contributed by atoms with Gasteiger partial charge in [0.2, 0.25) is 11.8 Å². The molecule has 1 saturated heterocycles. The number of hydrogen-bond donors (Lipinski definition) is 1. The van der Waals surface area contributed by atoms with Crippen molar-refractivity contribution in [1.82, 2.24) is 10.2 Å². The molecule has 0 aromatic heterocycles. The molecule has 1 rings (SSSR count). The molecule has 16 heavy (non-hydrogen) atoms. The average molecular weight is 260 g/mol. The molecule has 0 bridgehead atoms. The quantitative estimate of drug-likeness (QED) is 0.753. The van der Waals surface area contributed by atoms with Gasteiger partial charge in [-0.25, -0.2) is 0 Å². The van der Waals surface area contributed by atoms with Crippen LogP contribution >= 0.6 is 24.0 Å². The van der Waals surface area contributed by atoms with Gasteiger partial charge in [0.05, 0.1) is 5.25 Å². The van der Waals surface area contributed by atoms with Crippen molar-refractivity contribution < 1.29 is 9.59 Å². The number of amides is 2. The first-order valence-electron chi connectivity index (χ1n) is 5.35. The summed E-state index contributed by atoms with van der Waals surface area (Å²) in [5.41, 5.74) is 0. The van der Waals surface area contributed by atoms with Crippen LogP contribution in [0.25, 0.3) is 0 Å². The number of carbonyl (C=O) groups is 2. The van der Waals surface area contributed by atoms with E-state index in [9.17, 15) is 9.59 Å². The summed E-state index contributed by atoms with van der Waals surface area (Å²) < 4.78 is 0.584. The first-order chi connectivity index (χ1) is 7.56. The Morgan fingerprint density at radius 2 is 2.31 bits per heavy atom. The highest BCUT2D eigenvalue weighted by Gasteiger charge is 2.33. The lowest BCUT2D eigenvalue weighted by Gasteiger charge is -2.14. The van der Waals surface area contributed by atoms with Gasteiger partial charge in [-0.2, -0.15) is 0 Å². The van der Waals surface area contributed by atoms with Crippen molar-refractivity contribution in [3.63, 3.8) is 0 Å². The third-order valence-corrected chi connectivity index (χ3v) is 3.73. The van der Waals surface area contributed by atoms with Crippen molar-refractivity contribution in [2.24, 2.45) is 0 Å². The molecule has 1 aliphatic rings. The molecular weight excluding hydrogens is 244 g/mol. The first-order valence-corrected chi connectivity index (χ1v) is 6.63. The maximum Gasteiger partial charge on any atom is 0.241 e. The molecular formula is C10H16N2O2S2. The Labute approximate surface area is 105 Å². The highest BCUT2D eigenvalue weighted by Crippen LogP contribution is 2.26. The second kappa shape index (κ2) is 6.20. The molecule has 1 fully saturated rings. The molecule has 6 heteroatoms. The van der Waals surface area contributed by atoms with Crippen molar-refractivity contribution in [3.8, 4) is 0 Å². The van der Waals surface area contributed by atoms with E-state index in [2.05, 4.69) is 5.32 Å². The zero-order valence-corrected chi connectivity index (χ0v) is 11.1. The highest BCUT2D eigenvalue weighted by atomic mass is 32.2. The van der Waals surface area contributed by atoms with Crippen LogP contribution in [0.1, 0.15) is 26.7 Å². The lowest BCUT2D eigenvalue weighted by molar-refractivity contribution is -0.126. The van der Waals surface area contributed by atoms with Crippen molar-refractivity contribution in [2.75, 3.05) is 13.1 Å². The summed E-state index contributed by atoms with van der Waals surface area (Å²) in [6.07, 6.45) is 1.23. The van der Waals surface area contributed by atoms with Gasteiger partial charge < -0.3 is 5.32 Å². The minimum atomic E-state index is -0.105. The fourth-order valence-corrected chi connectivity index (χ4v) is 2.80. The van der Waals surface area contributed by atoms with E-state index in [1.54, 1.807) is 0 Å². The smallest absolute Gasteiger partial charge is 0.241 e. The van der Waals surface area contributed by atoms with E-state index in [1.807, 2.05) is 13.8 Å². The molecule has 0 saturated carbocycles. The Hall–Kier alpha value is -0.620. The molecule has 1 unspecified atom stereocenters. The topological polar surface area (TPSA) is 49.4 Å². The fraction of sp³-hybridized carbons (Fsp3) is 0.700. The van der Waals surface area contributed by atoms with E-state index in [-0.39, 0.29) is 17.1 Å². The van der Waals surface area contributed by atoms with E-state index in [1.165, 1.54) is 16.7 Å². The van der Waals surface area contributed by atoms with E-state index < -0.39 is 0 Å². The number of carbonyl (C=O) groups excluding carboxylic acids is 2. The molecule has 90 valence electrons. The molecule has 1 heterocycles. The number of nitrogens with one attached hydrogen (secondary N) is 1. The molecule has 0 aromatic rings. The van der Waals surface area contributed by atoms with Gasteiger partial charge in [0.1, 0.15) is 4.32 Å². The molecule has 0 radical (unpaired) electrons. The Morgan fingerprint density at radius 3 is 2.81 bits per heavy atom. The Balaban J connectivity index is 2.35. The van der Waals surface area contributed by atoms with Crippen LogP contribution in [0.2, 0.25) is 0 Å². The Morgan fingerprint density at radius 1 is 1.62 bits per heavy atom. The van der Waals surface area contributed by atoms with Crippen molar-refractivity contribution >= 4 is 40.1 Å². The van der Waals surface area contributed by atoms with Gasteiger partial charge in [-0.05, 0) is 13.3 Å². The SMILES string of the molecule is CCCNC(=O)CCN1C(=O)C(C)SC1=S. The van der Waals surface area contributed by atoms with Crippen LogP contribution in [0, 0.1) is 0 Å². The Kier molecular flexibility index (Phi) is 5.21. The van der Waals surface area contributed by atoms with Crippen LogP contribution in [0.5, 0.6) is 0 Å². The van der Waals surface area contributed by atoms with Crippen LogP contribution in [0.3, 0.4) is 0 Å². The Bertz CT molecular complexity index is 307. The summed E-state index contributed by atoms with van der Waals surface area (Å²) in [4.78, 5) is 24.5. The summed E-state index contributed by atoms with van der Waals surface area (Å²) in [5.74, 6) is -0.0136. The fourth-order valence-electron chi connectivity index (χ4n) is 1.34. The number of rotatable bonds is 5. The average Bonchev–Trinajstić information content (AvgIpc) is 2.48. The van der Waals surface area contributed by atoms with E-state index >= 15 is 0 Å². The van der Waals surface area contributed by atoms with Gasteiger partial charge in [-0.3, -0.25) is 14.5 Å². The summed E-state index contributed by atoms with van der Waals surface area (Å²) >= 11 is 6.45. The minimum absolute atomic E-state index is 0.0123. The van der Waals surface area contributed by atoms with Crippen molar-refractivity contribution in [3.05, 3.63) is 0 Å². The second-order valence-electron chi connectivity index (χ2n) is 3.62. The molecule has 2 amide bonds. The van der Waals surface area contributed by atoms with E-state index in [0.717, 1.165) is 6.42 Å². The summed E-state index contributed by atoms with van der Waals surface area (Å²) in [6.45, 7) is 4.90. The lowest BCUT2D eigenvalue weighted by atomic mass is 10.3. The molecule has 0 spiro atoms. The van der Waals surface area contributed by atoms with Gasteiger partial charge in [-0.15, -0.1) is 0 Å². The van der Waals surface area contributed by atoms with E-state index in [4.69, 9.17) is 12.2 Å². The normalized spacial score (nSPS) is 20.4. The molecule has 1 aliphatic heterocycles. The van der Waals surface area contributed by atoms with Crippen LogP contribution < -0.4 is 5.32 Å². The number of thioether (sulfide) groups is 1. The largest absolute Gasteiger partial charge is 0.356 e. The van der Waals surface area contributed by atoms with Crippen LogP contribution in [-0.4, -0.2) is 39.4 Å². The summed E-state index contributed by atoms with van der Waals surface area (Å²) in [6, 6.07) is 0. The molecule has 0 aromatic carbocycles. The van der Waals surface area contributed by atoms with Gasteiger partial charge in [0.25, 0.3) is 0 Å². The van der Waals surface area contributed by atoms with Crippen molar-refractivity contribution in [1.29, 1.82) is 0 Å². The maximum atomic E-state index is 11.6. The highest BCUT2D eigenvalue weighted by molar-refractivity contribution is 8.24. The summed E-state index contributed by atoms with van der Waals surface area (Å²) in [5, 5.41) is 2.66. The van der Waals surface area contributed by atoms with Crippen LogP contribution in [0.15, 0.2) is 0 Å². The predicted octanol–water partition coefficient (Wildman–Crippen LogP) is 1.15. The minimum Gasteiger partial charge on any atom is -0.356 e. The second-order valence-corrected chi connectivity index (χ2v) is 5.59. The van der Waals surface area contributed by atoms with Gasteiger partial charge in [0.15, 0.2) is 0 Å². The third-order valence-electron chi connectivity index (χ3n) is 2.25. The van der Waals surface area contributed by atoms with Crippen molar-refractivity contribution in [2.45, 2.75) is 31.9 Å². The van der Waals surface area contributed by atoms with Crippen LogP contribution in [0.4, 0.5) is 0 Å². The summed E-state index contributed by atoms with van der Waals surface area (Å²) in [7, 11) is 0. The number of thiocarbonyl (C=S) groups is 1. The zero-order chi connectivity index (χ0) is 12.1. The van der Waals surface area contributed by atoms with Gasteiger partial charge in [-0.1, -0.05) is 30.9 Å². The standard InChI is InChI=1S/C10H16N2O2S2/c1-3-5-11-8(13)4-6-12-9(14)7(2)16-10(12)15/h7H,3-6H2,1-2H3,(H,11,13). The first kappa shape index (κ1) is 13.4. The lowest BCUT2D eigenvalue weighted by Crippen LogP contribution is -2.35. The van der Waals surface area contributed by atoms with Gasteiger partial charge in [0, 0.05) is 19.5 Å². The molecule has 0 aliphatic carbocycles. The number of hydrogen-bond acceptors (Lipinski definition) is 4. The third kappa shape index (κ3) is 3.45. The molecule has 4 nitrogen and oxygen atoms in total. The predicted molar refractivity (Wildman–Crippen MR) is 69.3 cm³/mol. The molecule has 1 N–H and O–H groups in total. The van der Waals surface area contributed by atoms with Gasteiger partial charge >= 0.3 is 0 Å². The van der Waals surface area contributed by atoms with E-state index in [0.29, 0.717) is 23.8 Å². The zero-order valence-electron chi connectivity index (χ0n) is 9.49. The van der Waals surface area contributed by atoms with Crippen LogP contribution in [-0.2, 0) is 9.59 Å². The monoisotopic (exact) mass is 260 g/mol. The molecule has 1 atom stereocenters. The number of nitrogens with zero attached hydrogens (tertiary/aromatic N) is 1.